The number of benzene rings is 2. The van der Waals surface area contributed by atoms with Gasteiger partial charge in [-0.2, -0.15) is 0 Å². The van der Waals surface area contributed by atoms with E-state index in [1.165, 1.54) is 30.8 Å². The first-order valence-corrected chi connectivity index (χ1v) is 16.3. The number of pyridine rings is 1. The van der Waals surface area contributed by atoms with E-state index in [0.717, 1.165) is 18.7 Å². The number of alkyl halides is 1. The van der Waals surface area contributed by atoms with E-state index in [1.54, 1.807) is 42.3 Å². The van der Waals surface area contributed by atoms with E-state index in [4.69, 9.17) is 4.74 Å². The first kappa shape index (κ1) is 31.7. The average molecular weight is 628 g/mol. The summed E-state index contributed by atoms with van der Waals surface area (Å²) in [7, 11) is 1.59. The molecule has 1 aromatic heterocycles. The number of carbonyl (C=O) groups excluding carboxylic acids is 3. The van der Waals surface area contributed by atoms with Crippen LogP contribution in [-0.4, -0.2) is 91.0 Å². The van der Waals surface area contributed by atoms with Gasteiger partial charge in [0.1, 0.15) is 17.6 Å². The number of hydrogen-bond acceptors (Lipinski definition) is 7. The maximum absolute atomic E-state index is 15.2. The Morgan fingerprint density at radius 1 is 0.870 bits per heavy atom. The molecule has 242 valence electrons. The van der Waals surface area contributed by atoms with Crippen molar-refractivity contribution in [2.75, 3.05) is 51.3 Å². The zero-order valence-corrected chi connectivity index (χ0v) is 26.4. The van der Waals surface area contributed by atoms with Gasteiger partial charge in [0.25, 0.3) is 11.8 Å². The van der Waals surface area contributed by atoms with Gasteiger partial charge in [0.2, 0.25) is 0 Å². The number of nitrogens with zero attached hydrogens (tertiary/aromatic N) is 4. The molecule has 3 aromatic rings. The molecule has 3 saturated heterocycles. The Bertz CT molecular complexity index is 1500. The lowest BCUT2D eigenvalue weighted by molar-refractivity contribution is 0.0645. The number of anilines is 1. The molecule has 6 rings (SSSR count). The number of piperidine rings is 2. The van der Waals surface area contributed by atoms with Crippen LogP contribution in [0.15, 0.2) is 66.9 Å². The van der Waals surface area contributed by atoms with Gasteiger partial charge < -0.3 is 19.9 Å². The van der Waals surface area contributed by atoms with Crippen molar-refractivity contribution in [1.82, 2.24) is 20.1 Å². The largest absolute Gasteiger partial charge is 0.497 e. The van der Waals surface area contributed by atoms with Crippen molar-refractivity contribution in [2.24, 2.45) is 5.92 Å². The normalized spacial score (nSPS) is 20.8. The smallest absolute Gasteiger partial charge is 0.272 e. The van der Waals surface area contributed by atoms with Gasteiger partial charge in [0.15, 0.2) is 5.78 Å². The summed E-state index contributed by atoms with van der Waals surface area (Å²) >= 11 is 0. The summed E-state index contributed by atoms with van der Waals surface area (Å²) in [6.45, 7) is 4.75. The molecule has 4 heterocycles. The Kier molecular flexibility index (Phi) is 9.92. The fourth-order valence-corrected chi connectivity index (χ4v) is 6.72. The molecule has 2 amide bonds. The summed E-state index contributed by atoms with van der Waals surface area (Å²) in [5.74, 6) is -0.00145. The monoisotopic (exact) mass is 627 g/mol. The van der Waals surface area contributed by atoms with Crippen molar-refractivity contribution in [3.05, 3.63) is 89.2 Å². The van der Waals surface area contributed by atoms with Crippen LogP contribution in [-0.2, 0) is 6.54 Å². The molecule has 0 saturated carbocycles. The summed E-state index contributed by atoms with van der Waals surface area (Å²) in [5.41, 5.74) is 3.57. The fraction of sp³-hybridized carbons (Fsp3) is 0.444. The number of aromatic nitrogens is 1. The van der Waals surface area contributed by atoms with Crippen molar-refractivity contribution in [1.29, 1.82) is 0 Å². The number of likely N-dealkylation sites (tertiary alicyclic amines) is 2. The summed E-state index contributed by atoms with van der Waals surface area (Å²) in [5, 5.41) is 2.83. The summed E-state index contributed by atoms with van der Waals surface area (Å²) in [6.07, 6.45) is 4.33. The maximum atomic E-state index is 15.2. The van der Waals surface area contributed by atoms with Crippen molar-refractivity contribution >= 4 is 23.3 Å². The molecule has 3 fully saturated rings. The Morgan fingerprint density at radius 3 is 2.20 bits per heavy atom. The number of carbonyl (C=O) groups is 3. The highest BCUT2D eigenvalue weighted by molar-refractivity contribution is 5.99. The van der Waals surface area contributed by atoms with Gasteiger partial charge >= 0.3 is 0 Å². The number of nitrogens with one attached hydrogen (secondary N) is 1. The summed E-state index contributed by atoms with van der Waals surface area (Å²) in [6, 6.07) is 18.2. The molecule has 0 radical (unpaired) electrons. The molecule has 0 unspecified atom stereocenters. The lowest BCUT2D eigenvalue weighted by Crippen LogP contribution is -2.52. The lowest BCUT2D eigenvalue weighted by Gasteiger charge is -2.35. The highest BCUT2D eigenvalue weighted by Crippen LogP contribution is 2.25. The van der Waals surface area contributed by atoms with E-state index in [0.29, 0.717) is 56.8 Å². The molecule has 9 nitrogen and oxygen atoms in total. The van der Waals surface area contributed by atoms with Crippen molar-refractivity contribution in [3.63, 3.8) is 0 Å². The molecule has 2 atom stereocenters. The number of ketones is 1. The predicted octanol–water partition coefficient (Wildman–Crippen LogP) is 4.77. The molecule has 2 aromatic carbocycles. The number of rotatable bonds is 9. The Balaban J connectivity index is 0.950. The highest BCUT2D eigenvalue weighted by atomic mass is 19.1. The predicted molar refractivity (Wildman–Crippen MR) is 174 cm³/mol. The first-order chi connectivity index (χ1) is 22.4. The minimum atomic E-state index is -1.19. The second-order valence-electron chi connectivity index (χ2n) is 12.6. The van der Waals surface area contributed by atoms with E-state index in [1.807, 2.05) is 0 Å². The summed E-state index contributed by atoms with van der Waals surface area (Å²) < 4.78 is 20.3. The quantitative estimate of drug-likeness (QED) is 0.342. The van der Waals surface area contributed by atoms with Crippen LogP contribution >= 0.6 is 0 Å². The van der Waals surface area contributed by atoms with E-state index in [9.17, 15) is 14.4 Å². The second kappa shape index (κ2) is 14.4. The van der Waals surface area contributed by atoms with Crippen LogP contribution in [0.1, 0.15) is 68.9 Å². The number of Topliss-reactive ketones (excluding diaryl/α,β-unsaturated/α-hetero) is 1. The van der Waals surface area contributed by atoms with Gasteiger partial charge in [-0.1, -0.05) is 12.1 Å². The van der Waals surface area contributed by atoms with Gasteiger partial charge in [-0.3, -0.25) is 24.3 Å². The van der Waals surface area contributed by atoms with Crippen molar-refractivity contribution < 1.29 is 23.5 Å². The second-order valence-corrected chi connectivity index (χ2v) is 12.6. The van der Waals surface area contributed by atoms with Crippen LogP contribution in [0.4, 0.5) is 10.1 Å². The topological polar surface area (TPSA) is 95.1 Å². The minimum Gasteiger partial charge on any atom is -0.497 e. The van der Waals surface area contributed by atoms with E-state index < -0.39 is 18.1 Å². The molecule has 3 aliphatic heterocycles. The van der Waals surface area contributed by atoms with Crippen LogP contribution < -0.4 is 15.0 Å². The fourth-order valence-electron chi connectivity index (χ4n) is 6.72. The van der Waals surface area contributed by atoms with Gasteiger partial charge in [0, 0.05) is 69.2 Å². The molecular weight excluding hydrogens is 585 g/mol. The molecular formula is C36H42FN5O4. The molecule has 3 aliphatic rings. The SMILES string of the molecule is COc1ccc(C(=O)C2CCN(C(=O)c3ccc(C(=O)N[C@H]4CCN(Cc5ccc(N6CCCC6)cc5)C[C@@H]4F)cn3)CC2)cc1. The van der Waals surface area contributed by atoms with Gasteiger partial charge in [-0.25, -0.2) is 4.39 Å². The van der Waals surface area contributed by atoms with Crippen molar-refractivity contribution in [3.8, 4) is 5.75 Å². The van der Waals surface area contributed by atoms with E-state index in [-0.39, 0.29) is 35.4 Å². The van der Waals surface area contributed by atoms with Crippen LogP contribution in [0.3, 0.4) is 0 Å². The molecule has 0 bridgehead atoms. The standard InChI is InChI=1S/C36H42FN5O4/c1-46-30-11-6-26(7-12-30)34(43)27-14-20-42(21-15-27)36(45)33-13-8-28(22-38-33)35(44)39-32-16-19-40(24-31(32)37)23-25-4-9-29(10-5-25)41-17-2-3-18-41/h4-13,22,27,31-32H,2-3,14-21,23-24H2,1H3,(H,39,44)/t31-,32-/m0/s1. The van der Waals surface area contributed by atoms with E-state index in [2.05, 4.69) is 44.4 Å². The van der Waals surface area contributed by atoms with Crippen LogP contribution in [0.5, 0.6) is 5.75 Å². The third-order valence-corrected chi connectivity index (χ3v) is 9.53. The zero-order chi connectivity index (χ0) is 32.0. The van der Waals surface area contributed by atoms with Crippen LogP contribution in [0.2, 0.25) is 0 Å². The maximum Gasteiger partial charge on any atom is 0.272 e. The van der Waals surface area contributed by atoms with Gasteiger partial charge in [-0.05, 0) is 86.2 Å². The Labute approximate surface area is 269 Å². The van der Waals surface area contributed by atoms with Crippen molar-refractivity contribution in [2.45, 2.75) is 50.9 Å². The minimum absolute atomic E-state index is 0.0759. The first-order valence-electron chi connectivity index (χ1n) is 16.3. The lowest BCUT2D eigenvalue weighted by atomic mass is 9.88. The number of halogens is 1. The number of methoxy groups -OCH3 is 1. The van der Waals surface area contributed by atoms with Gasteiger partial charge in [-0.15, -0.1) is 0 Å². The third kappa shape index (κ3) is 7.39. The molecule has 1 N–H and O–H groups in total. The Morgan fingerprint density at radius 2 is 1.57 bits per heavy atom. The van der Waals surface area contributed by atoms with Gasteiger partial charge in [0.05, 0.1) is 18.7 Å². The summed E-state index contributed by atoms with van der Waals surface area (Å²) in [4.78, 5) is 49.4. The third-order valence-electron chi connectivity index (χ3n) is 9.53. The average Bonchev–Trinajstić information content (AvgIpc) is 3.65. The van der Waals surface area contributed by atoms with E-state index >= 15 is 4.39 Å². The highest BCUT2D eigenvalue weighted by Gasteiger charge is 2.32. The zero-order valence-electron chi connectivity index (χ0n) is 26.4. The number of hydrogen-bond donors (Lipinski definition) is 1. The Hall–Kier alpha value is -4.31. The number of amides is 2. The van der Waals surface area contributed by atoms with Crippen LogP contribution in [0.25, 0.3) is 0 Å². The van der Waals surface area contributed by atoms with Crippen LogP contribution in [0, 0.1) is 5.92 Å². The molecule has 0 spiro atoms. The molecule has 46 heavy (non-hydrogen) atoms. The molecule has 10 heteroatoms. The molecule has 0 aliphatic carbocycles. The number of ether oxygens (including phenoxy) is 1.